The molecule has 15 heavy (non-hydrogen) atoms. The van der Waals surface area contributed by atoms with Crippen LogP contribution >= 0.6 is 17.0 Å². The minimum atomic E-state index is -4.28. The number of aliphatic hydroxyl groups excluding tert-OH is 1. The SMILES string of the molecule is Br.OCCCc1cccc(C(F)(F)F)c1. The maximum atomic E-state index is 12.2. The van der Waals surface area contributed by atoms with Crippen LogP contribution in [0, 0.1) is 0 Å². The van der Waals surface area contributed by atoms with Crippen molar-refractivity contribution in [1.82, 2.24) is 0 Å². The molecule has 0 atom stereocenters. The Kier molecular flexibility index (Phi) is 5.90. The Morgan fingerprint density at radius 3 is 2.40 bits per heavy atom. The molecule has 5 heteroatoms. The van der Waals surface area contributed by atoms with E-state index in [9.17, 15) is 13.2 Å². The molecule has 0 unspecified atom stereocenters. The lowest BCUT2D eigenvalue weighted by atomic mass is 10.1. The highest BCUT2D eigenvalue weighted by Gasteiger charge is 2.30. The van der Waals surface area contributed by atoms with Gasteiger partial charge in [-0.05, 0) is 24.5 Å². The third kappa shape index (κ3) is 4.66. The highest BCUT2D eigenvalue weighted by Crippen LogP contribution is 2.29. The van der Waals surface area contributed by atoms with Crippen LogP contribution in [0.5, 0.6) is 0 Å². The molecular weight excluding hydrogens is 273 g/mol. The van der Waals surface area contributed by atoms with Crippen molar-refractivity contribution in [3.8, 4) is 0 Å². The topological polar surface area (TPSA) is 20.2 Å². The highest BCUT2D eigenvalue weighted by atomic mass is 79.9. The fraction of sp³-hybridized carbons (Fsp3) is 0.400. The van der Waals surface area contributed by atoms with Crippen molar-refractivity contribution in [3.63, 3.8) is 0 Å². The number of aryl methyl sites for hydroxylation is 1. The van der Waals surface area contributed by atoms with E-state index in [0.29, 0.717) is 18.4 Å². The van der Waals surface area contributed by atoms with Crippen LogP contribution in [0.15, 0.2) is 24.3 Å². The first-order valence-electron chi connectivity index (χ1n) is 4.31. The van der Waals surface area contributed by atoms with Gasteiger partial charge in [0.25, 0.3) is 0 Å². The van der Waals surface area contributed by atoms with Gasteiger partial charge in [-0.25, -0.2) is 0 Å². The van der Waals surface area contributed by atoms with Gasteiger partial charge in [-0.2, -0.15) is 13.2 Å². The van der Waals surface area contributed by atoms with Crippen molar-refractivity contribution in [2.75, 3.05) is 6.61 Å². The van der Waals surface area contributed by atoms with E-state index < -0.39 is 11.7 Å². The van der Waals surface area contributed by atoms with Crippen molar-refractivity contribution in [3.05, 3.63) is 35.4 Å². The summed E-state index contributed by atoms with van der Waals surface area (Å²) in [5.41, 5.74) is -0.0261. The molecule has 0 radical (unpaired) electrons. The molecule has 0 heterocycles. The number of aliphatic hydroxyl groups is 1. The molecule has 0 aliphatic heterocycles. The molecule has 1 rings (SSSR count). The summed E-state index contributed by atoms with van der Waals surface area (Å²) in [5.74, 6) is 0. The maximum absolute atomic E-state index is 12.2. The van der Waals surface area contributed by atoms with Gasteiger partial charge in [0.2, 0.25) is 0 Å². The smallest absolute Gasteiger partial charge is 0.396 e. The van der Waals surface area contributed by atoms with Crippen LogP contribution in [-0.4, -0.2) is 11.7 Å². The van der Waals surface area contributed by atoms with Gasteiger partial charge in [-0.15, -0.1) is 17.0 Å². The number of hydrogen-bond donors (Lipinski definition) is 1. The van der Waals surface area contributed by atoms with Gasteiger partial charge in [0.15, 0.2) is 0 Å². The first-order valence-corrected chi connectivity index (χ1v) is 4.31. The van der Waals surface area contributed by atoms with Gasteiger partial charge in [0.1, 0.15) is 0 Å². The van der Waals surface area contributed by atoms with E-state index in [2.05, 4.69) is 0 Å². The second kappa shape index (κ2) is 6.12. The number of halogens is 4. The summed E-state index contributed by atoms with van der Waals surface area (Å²) in [6.07, 6.45) is -3.32. The van der Waals surface area contributed by atoms with Crippen molar-refractivity contribution >= 4 is 17.0 Å². The van der Waals surface area contributed by atoms with Crippen molar-refractivity contribution in [1.29, 1.82) is 0 Å². The molecule has 1 nitrogen and oxygen atoms in total. The second-order valence-electron chi connectivity index (χ2n) is 3.03. The predicted octanol–water partition coefficient (Wildman–Crippen LogP) is 3.21. The molecular formula is C10H12BrF3O. The monoisotopic (exact) mass is 284 g/mol. The van der Waals surface area contributed by atoms with E-state index in [1.807, 2.05) is 0 Å². The Balaban J connectivity index is 0.00000196. The van der Waals surface area contributed by atoms with E-state index in [4.69, 9.17) is 5.11 Å². The van der Waals surface area contributed by atoms with Crippen molar-refractivity contribution < 1.29 is 18.3 Å². The lowest BCUT2D eigenvalue weighted by Crippen LogP contribution is -2.05. The molecule has 1 aromatic carbocycles. The zero-order valence-electron chi connectivity index (χ0n) is 7.92. The molecule has 0 spiro atoms. The first kappa shape index (κ1) is 14.5. The average molecular weight is 285 g/mol. The molecule has 1 N–H and O–H groups in total. The fourth-order valence-electron chi connectivity index (χ4n) is 1.19. The lowest BCUT2D eigenvalue weighted by molar-refractivity contribution is -0.137. The zero-order valence-corrected chi connectivity index (χ0v) is 9.63. The third-order valence-electron chi connectivity index (χ3n) is 1.88. The first-order chi connectivity index (χ1) is 6.54. The maximum Gasteiger partial charge on any atom is 0.416 e. The third-order valence-corrected chi connectivity index (χ3v) is 1.88. The fourth-order valence-corrected chi connectivity index (χ4v) is 1.19. The largest absolute Gasteiger partial charge is 0.416 e. The van der Waals surface area contributed by atoms with Crippen LogP contribution in [0.3, 0.4) is 0 Å². The Labute approximate surface area is 96.7 Å². The lowest BCUT2D eigenvalue weighted by Gasteiger charge is -2.07. The molecule has 0 saturated heterocycles. The minimum Gasteiger partial charge on any atom is -0.396 e. The summed E-state index contributed by atoms with van der Waals surface area (Å²) < 4.78 is 36.7. The summed E-state index contributed by atoms with van der Waals surface area (Å²) in [5, 5.41) is 8.53. The van der Waals surface area contributed by atoms with Gasteiger partial charge in [-0.3, -0.25) is 0 Å². The van der Waals surface area contributed by atoms with Gasteiger partial charge in [0, 0.05) is 6.61 Å². The van der Waals surface area contributed by atoms with Crippen LogP contribution in [0.1, 0.15) is 17.5 Å². The highest BCUT2D eigenvalue weighted by molar-refractivity contribution is 8.93. The van der Waals surface area contributed by atoms with Crippen LogP contribution in [0.4, 0.5) is 13.2 Å². The Bertz CT molecular complexity index is 299. The molecule has 0 bridgehead atoms. The average Bonchev–Trinajstić information content (AvgIpc) is 2.14. The number of hydrogen-bond acceptors (Lipinski definition) is 1. The van der Waals surface area contributed by atoms with Crippen LogP contribution in [0.25, 0.3) is 0 Å². The van der Waals surface area contributed by atoms with Gasteiger partial charge < -0.3 is 5.11 Å². The molecule has 0 aliphatic carbocycles. The van der Waals surface area contributed by atoms with E-state index in [1.165, 1.54) is 6.07 Å². The number of benzene rings is 1. The molecule has 0 aliphatic rings. The quantitative estimate of drug-likeness (QED) is 0.904. The van der Waals surface area contributed by atoms with Crippen molar-refractivity contribution in [2.24, 2.45) is 0 Å². The van der Waals surface area contributed by atoms with Crippen LogP contribution in [-0.2, 0) is 12.6 Å². The van der Waals surface area contributed by atoms with E-state index >= 15 is 0 Å². The summed E-state index contributed by atoms with van der Waals surface area (Å²) in [4.78, 5) is 0. The second-order valence-corrected chi connectivity index (χ2v) is 3.03. The van der Waals surface area contributed by atoms with Gasteiger partial charge in [0.05, 0.1) is 5.56 Å². The van der Waals surface area contributed by atoms with Crippen molar-refractivity contribution in [2.45, 2.75) is 19.0 Å². The summed E-state index contributed by atoms with van der Waals surface area (Å²) in [6.45, 7) is -0.00372. The summed E-state index contributed by atoms with van der Waals surface area (Å²) in [7, 11) is 0. The summed E-state index contributed by atoms with van der Waals surface area (Å²) in [6, 6.07) is 5.18. The molecule has 0 aromatic heterocycles. The zero-order chi connectivity index (χ0) is 10.6. The number of rotatable bonds is 3. The molecule has 0 saturated carbocycles. The molecule has 1 aromatic rings. The van der Waals surface area contributed by atoms with Gasteiger partial charge >= 0.3 is 6.18 Å². The number of alkyl halides is 3. The summed E-state index contributed by atoms with van der Waals surface area (Å²) >= 11 is 0. The van der Waals surface area contributed by atoms with E-state index in [0.717, 1.165) is 12.1 Å². The Morgan fingerprint density at radius 2 is 1.87 bits per heavy atom. The van der Waals surface area contributed by atoms with Crippen LogP contribution < -0.4 is 0 Å². The molecule has 0 amide bonds. The van der Waals surface area contributed by atoms with E-state index in [-0.39, 0.29) is 23.6 Å². The Hall–Kier alpha value is -0.550. The molecule has 0 fully saturated rings. The van der Waals surface area contributed by atoms with E-state index in [1.54, 1.807) is 6.07 Å². The predicted molar refractivity (Wildman–Crippen MR) is 57.2 cm³/mol. The van der Waals surface area contributed by atoms with Crippen LogP contribution in [0.2, 0.25) is 0 Å². The van der Waals surface area contributed by atoms with Gasteiger partial charge in [-0.1, -0.05) is 18.2 Å². The molecule has 86 valence electrons. The standard InChI is InChI=1S/C10H11F3O.BrH/c11-10(12,13)9-5-1-3-8(7-9)4-2-6-14;/h1,3,5,7,14H,2,4,6H2;1H. The normalized spacial score (nSPS) is 10.9. The minimum absolute atomic E-state index is 0. The Morgan fingerprint density at radius 1 is 1.20 bits per heavy atom.